The molecule has 0 saturated heterocycles. The molecule has 3 aromatic rings. The summed E-state index contributed by atoms with van der Waals surface area (Å²) in [6.45, 7) is 4.58. The number of anilines is 1. The van der Waals surface area contributed by atoms with Gasteiger partial charge in [0.25, 0.3) is 5.91 Å². The summed E-state index contributed by atoms with van der Waals surface area (Å²) >= 11 is 0. The monoisotopic (exact) mass is 404 g/mol. The maximum atomic E-state index is 12.7. The van der Waals surface area contributed by atoms with Gasteiger partial charge in [0.2, 0.25) is 5.91 Å². The number of hydrogen-bond donors (Lipinski definition) is 1. The highest BCUT2D eigenvalue weighted by Crippen LogP contribution is 2.30. The number of nitrogens with one attached hydrogen (secondary N) is 1. The molecule has 30 heavy (non-hydrogen) atoms. The van der Waals surface area contributed by atoms with Crippen LogP contribution in [0.5, 0.6) is 5.75 Å². The molecule has 1 aromatic heterocycles. The van der Waals surface area contributed by atoms with Crippen LogP contribution in [0.1, 0.15) is 41.1 Å². The van der Waals surface area contributed by atoms with Crippen molar-refractivity contribution in [1.82, 2.24) is 5.32 Å². The van der Waals surface area contributed by atoms with E-state index >= 15 is 0 Å². The van der Waals surface area contributed by atoms with Gasteiger partial charge < -0.3 is 19.4 Å². The van der Waals surface area contributed by atoms with E-state index in [0.717, 1.165) is 22.6 Å². The van der Waals surface area contributed by atoms with Gasteiger partial charge in [-0.15, -0.1) is 0 Å². The summed E-state index contributed by atoms with van der Waals surface area (Å²) in [6, 6.07) is 17.1. The van der Waals surface area contributed by atoms with Crippen LogP contribution in [0.2, 0.25) is 0 Å². The molecule has 0 unspecified atom stereocenters. The SMILES string of the molecule is CC(C)Oc1cccc(CNC(=O)c2occc2CN2C(=O)Cc3ccccc32)c1. The molecule has 2 aromatic carbocycles. The third kappa shape index (κ3) is 4.22. The summed E-state index contributed by atoms with van der Waals surface area (Å²) in [4.78, 5) is 26.9. The predicted octanol–water partition coefficient (Wildman–Crippen LogP) is 4.09. The van der Waals surface area contributed by atoms with Crippen LogP contribution < -0.4 is 15.0 Å². The number of furan rings is 1. The average Bonchev–Trinajstić information content (AvgIpc) is 3.31. The number of hydrogen-bond acceptors (Lipinski definition) is 4. The molecule has 0 aliphatic carbocycles. The predicted molar refractivity (Wildman–Crippen MR) is 113 cm³/mol. The van der Waals surface area contributed by atoms with Gasteiger partial charge in [-0.1, -0.05) is 30.3 Å². The summed E-state index contributed by atoms with van der Waals surface area (Å²) in [7, 11) is 0. The maximum absolute atomic E-state index is 12.7. The van der Waals surface area contributed by atoms with E-state index in [-0.39, 0.29) is 23.7 Å². The van der Waals surface area contributed by atoms with Crippen molar-refractivity contribution in [3.05, 3.63) is 83.3 Å². The van der Waals surface area contributed by atoms with Gasteiger partial charge in [-0.3, -0.25) is 9.59 Å². The highest BCUT2D eigenvalue weighted by atomic mass is 16.5. The molecule has 6 nitrogen and oxygen atoms in total. The molecule has 6 heteroatoms. The Morgan fingerprint density at radius 2 is 2.00 bits per heavy atom. The van der Waals surface area contributed by atoms with Gasteiger partial charge in [-0.25, -0.2) is 0 Å². The Bertz CT molecular complexity index is 1070. The van der Waals surface area contributed by atoms with E-state index < -0.39 is 0 Å². The van der Waals surface area contributed by atoms with Crippen LogP contribution in [0.4, 0.5) is 5.69 Å². The first-order chi connectivity index (χ1) is 14.5. The first-order valence-electron chi connectivity index (χ1n) is 9.99. The lowest BCUT2D eigenvalue weighted by molar-refractivity contribution is -0.117. The molecule has 0 radical (unpaired) electrons. The van der Waals surface area contributed by atoms with E-state index in [1.807, 2.05) is 62.4 Å². The molecule has 0 spiro atoms. The molecular weight excluding hydrogens is 380 g/mol. The fourth-order valence-corrected chi connectivity index (χ4v) is 3.58. The Kier molecular flexibility index (Phi) is 5.57. The van der Waals surface area contributed by atoms with Gasteiger partial charge in [-0.2, -0.15) is 0 Å². The zero-order valence-corrected chi connectivity index (χ0v) is 17.1. The summed E-state index contributed by atoms with van der Waals surface area (Å²) < 4.78 is 11.1. The van der Waals surface area contributed by atoms with Crippen LogP contribution in [-0.4, -0.2) is 17.9 Å². The minimum Gasteiger partial charge on any atom is -0.491 e. The first-order valence-corrected chi connectivity index (χ1v) is 9.99. The fourth-order valence-electron chi connectivity index (χ4n) is 3.58. The first kappa shape index (κ1) is 19.8. The minimum atomic E-state index is -0.315. The second-order valence-corrected chi connectivity index (χ2v) is 7.56. The molecule has 1 N–H and O–H groups in total. The number of benzene rings is 2. The highest BCUT2D eigenvalue weighted by Gasteiger charge is 2.28. The zero-order chi connectivity index (χ0) is 21.1. The highest BCUT2D eigenvalue weighted by molar-refractivity contribution is 6.01. The van der Waals surface area contributed by atoms with Crippen molar-refractivity contribution in [2.45, 2.75) is 39.5 Å². The Morgan fingerprint density at radius 3 is 2.83 bits per heavy atom. The van der Waals surface area contributed by atoms with Crippen LogP contribution >= 0.6 is 0 Å². The molecule has 0 atom stereocenters. The van der Waals surface area contributed by atoms with Crippen molar-refractivity contribution in [2.24, 2.45) is 0 Å². The number of fused-ring (bicyclic) bond motifs is 1. The zero-order valence-electron chi connectivity index (χ0n) is 17.1. The third-order valence-corrected chi connectivity index (χ3v) is 4.93. The van der Waals surface area contributed by atoms with Crippen molar-refractivity contribution in [1.29, 1.82) is 0 Å². The molecule has 2 amide bonds. The standard InChI is InChI=1S/C24H24N2O4/c1-16(2)30-20-8-5-6-17(12-20)14-25-24(28)23-19(10-11-29-23)15-26-21-9-4-3-7-18(21)13-22(26)27/h3-12,16H,13-15H2,1-2H3,(H,25,28). The van der Waals surface area contributed by atoms with Crippen LogP contribution in [0.15, 0.2) is 65.3 Å². The van der Waals surface area contributed by atoms with E-state index in [0.29, 0.717) is 25.1 Å². The molecule has 154 valence electrons. The minimum absolute atomic E-state index is 0.0192. The van der Waals surface area contributed by atoms with Crippen LogP contribution in [0.25, 0.3) is 0 Å². The van der Waals surface area contributed by atoms with Gasteiger partial charge in [0.05, 0.1) is 25.3 Å². The number of nitrogens with zero attached hydrogens (tertiary/aromatic N) is 1. The van der Waals surface area contributed by atoms with Crippen LogP contribution in [0, 0.1) is 0 Å². The lowest BCUT2D eigenvalue weighted by Crippen LogP contribution is -2.28. The summed E-state index contributed by atoms with van der Waals surface area (Å²) in [5.41, 5.74) is 3.49. The van der Waals surface area contributed by atoms with Crippen molar-refractivity contribution in [3.8, 4) is 5.75 Å². The van der Waals surface area contributed by atoms with Crippen LogP contribution in [-0.2, 0) is 24.3 Å². The Labute approximate surface area is 175 Å². The maximum Gasteiger partial charge on any atom is 0.287 e. The van der Waals surface area contributed by atoms with E-state index in [2.05, 4.69) is 5.32 Å². The van der Waals surface area contributed by atoms with Crippen molar-refractivity contribution in [3.63, 3.8) is 0 Å². The molecule has 4 rings (SSSR count). The molecule has 1 aliphatic heterocycles. The largest absolute Gasteiger partial charge is 0.491 e. The third-order valence-electron chi connectivity index (χ3n) is 4.93. The lowest BCUT2D eigenvalue weighted by atomic mass is 10.1. The topological polar surface area (TPSA) is 71.8 Å². The Hall–Kier alpha value is -3.54. The molecule has 1 aliphatic rings. The molecular formula is C24H24N2O4. The normalized spacial score (nSPS) is 12.9. The summed E-state index contributed by atoms with van der Waals surface area (Å²) in [6.07, 6.45) is 1.94. The number of para-hydroxylation sites is 1. The fraction of sp³-hybridized carbons (Fsp3) is 0.250. The van der Waals surface area contributed by atoms with E-state index in [1.165, 1.54) is 6.26 Å². The number of amides is 2. The number of ether oxygens (including phenoxy) is 1. The van der Waals surface area contributed by atoms with E-state index in [4.69, 9.17) is 9.15 Å². The second-order valence-electron chi connectivity index (χ2n) is 7.56. The Balaban J connectivity index is 1.43. The van der Waals surface area contributed by atoms with Gasteiger partial charge in [0, 0.05) is 17.8 Å². The smallest absolute Gasteiger partial charge is 0.287 e. The van der Waals surface area contributed by atoms with E-state index in [9.17, 15) is 9.59 Å². The average molecular weight is 404 g/mol. The van der Waals surface area contributed by atoms with Crippen molar-refractivity contribution < 1.29 is 18.7 Å². The van der Waals surface area contributed by atoms with Gasteiger partial charge in [0.1, 0.15) is 5.75 Å². The quantitative estimate of drug-likeness (QED) is 0.644. The van der Waals surface area contributed by atoms with Gasteiger partial charge in [-0.05, 0) is 49.2 Å². The van der Waals surface area contributed by atoms with Crippen molar-refractivity contribution in [2.75, 3.05) is 4.90 Å². The molecule has 0 saturated carbocycles. The second kappa shape index (κ2) is 8.45. The lowest BCUT2D eigenvalue weighted by Gasteiger charge is -2.17. The molecule has 2 heterocycles. The van der Waals surface area contributed by atoms with Crippen LogP contribution in [0.3, 0.4) is 0 Å². The number of carbonyl (C=O) groups excluding carboxylic acids is 2. The number of rotatable bonds is 7. The van der Waals surface area contributed by atoms with Gasteiger partial charge in [0.15, 0.2) is 5.76 Å². The summed E-state index contributed by atoms with van der Waals surface area (Å²) in [5, 5.41) is 2.89. The Morgan fingerprint density at radius 1 is 1.17 bits per heavy atom. The van der Waals surface area contributed by atoms with E-state index in [1.54, 1.807) is 11.0 Å². The number of carbonyl (C=O) groups is 2. The molecule has 0 fully saturated rings. The summed E-state index contributed by atoms with van der Waals surface area (Å²) in [5.74, 6) is 0.694. The van der Waals surface area contributed by atoms with Gasteiger partial charge >= 0.3 is 0 Å². The molecule has 0 bridgehead atoms. The van der Waals surface area contributed by atoms with Crippen molar-refractivity contribution >= 4 is 17.5 Å².